The number of carbonyl (C=O) groups excluding carboxylic acids is 1. The first kappa shape index (κ1) is 15.1. The van der Waals surface area contributed by atoms with Crippen LogP contribution in [0.2, 0.25) is 0 Å². The number of anilines is 1. The fraction of sp³-hybridized carbons (Fsp3) is 0.214. The number of nitrogens with one attached hydrogen (secondary N) is 1. The molecule has 0 atom stereocenters. The Bertz CT molecular complexity index is 601. The maximum absolute atomic E-state index is 13.5. The molecule has 1 heterocycles. The van der Waals surface area contributed by atoms with Gasteiger partial charge in [-0.15, -0.1) is 11.3 Å². The third kappa shape index (κ3) is 4.11. The molecule has 0 saturated carbocycles. The van der Waals surface area contributed by atoms with Crippen molar-refractivity contribution in [2.45, 2.75) is 19.3 Å². The number of thiophene rings is 1. The third-order valence-electron chi connectivity index (χ3n) is 2.69. The molecule has 2 rings (SSSR count). The summed E-state index contributed by atoms with van der Waals surface area (Å²) in [7, 11) is 0. The summed E-state index contributed by atoms with van der Waals surface area (Å²) < 4.78 is 26.8. The van der Waals surface area contributed by atoms with E-state index < -0.39 is 11.6 Å². The molecule has 6 heteroatoms. The zero-order valence-corrected chi connectivity index (χ0v) is 12.9. The van der Waals surface area contributed by atoms with Crippen LogP contribution in [0.5, 0.6) is 0 Å². The van der Waals surface area contributed by atoms with Crippen molar-refractivity contribution in [3.63, 3.8) is 0 Å². The van der Waals surface area contributed by atoms with Crippen LogP contribution in [0.1, 0.15) is 17.7 Å². The van der Waals surface area contributed by atoms with Crippen molar-refractivity contribution in [1.29, 1.82) is 0 Å². The molecular formula is C14H12BrF2NOS. The molecule has 0 aliphatic carbocycles. The van der Waals surface area contributed by atoms with Gasteiger partial charge in [-0.3, -0.25) is 4.79 Å². The minimum atomic E-state index is -0.662. The number of hydrogen-bond donors (Lipinski definition) is 1. The second-order valence-corrected chi connectivity index (χ2v) is 6.11. The summed E-state index contributed by atoms with van der Waals surface area (Å²) in [5, 5.41) is 4.37. The van der Waals surface area contributed by atoms with Crippen molar-refractivity contribution in [2.75, 3.05) is 5.32 Å². The summed E-state index contributed by atoms with van der Waals surface area (Å²) in [6.45, 7) is 0. The normalized spacial score (nSPS) is 10.6. The van der Waals surface area contributed by atoms with Crippen LogP contribution in [0.25, 0.3) is 0 Å². The molecule has 0 bridgehead atoms. The van der Waals surface area contributed by atoms with Crippen molar-refractivity contribution in [3.8, 4) is 0 Å². The van der Waals surface area contributed by atoms with Gasteiger partial charge in [-0.2, -0.15) is 0 Å². The first-order valence-electron chi connectivity index (χ1n) is 6.03. The van der Waals surface area contributed by atoms with Crippen LogP contribution >= 0.6 is 27.3 Å². The maximum atomic E-state index is 13.5. The second kappa shape index (κ2) is 6.95. The van der Waals surface area contributed by atoms with E-state index in [1.54, 1.807) is 11.3 Å². The number of carbonyl (C=O) groups is 1. The van der Waals surface area contributed by atoms with Crippen molar-refractivity contribution < 1.29 is 13.6 Å². The maximum Gasteiger partial charge on any atom is 0.224 e. The Balaban J connectivity index is 1.86. The topological polar surface area (TPSA) is 29.1 Å². The highest BCUT2D eigenvalue weighted by Crippen LogP contribution is 2.23. The number of aryl methyl sites for hydroxylation is 1. The van der Waals surface area contributed by atoms with Gasteiger partial charge in [-0.05, 0) is 46.3 Å². The molecule has 0 aliphatic heterocycles. The van der Waals surface area contributed by atoms with Crippen LogP contribution in [0.4, 0.5) is 14.5 Å². The van der Waals surface area contributed by atoms with E-state index in [-0.39, 0.29) is 22.5 Å². The molecule has 0 spiro atoms. The largest absolute Gasteiger partial charge is 0.324 e. The Morgan fingerprint density at radius 1 is 1.30 bits per heavy atom. The summed E-state index contributed by atoms with van der Waals surface area (Å²) >= 11 is 4.52. The molecule has 106 valence electrons. The zero-order chi connectivity index (χ0) is 14.5. The molecule has 2 nitrogen and oxygen atoms in total. The van der Waals surface area contributed by atoms with Crippen LogP contribution in [-0.2, 0) is 11.2 Å². The van der Waals surface area contributed by atoms with Gasteiger partial charge in [0.1, 0.15) is 11.6 Å². The highest BCUT2D eigenvalue weighted by atomic mass is 79.9. The predicted octanol–water partition coefficient (Wildman–Crippen LogP) is 4.75. The lowest BCUT2D eigenvalue weighted by molar-refractivity contribution is -0.116. The molecule has 1 aromatic carbocycles. The van der Waals surface area contributed by atoms with E-state index in [2.05, 4.69) is 21.2 Å². The van der Waals surface area contributed by atoms with E-state index in [1.807, 2.05) is 17.5 Å². The lowest BCUT2D eigenvalue weighted by Gasteiger charge is -2.07. The van der Waals surface area contributed by atoms with Crippen LogP contribution in [0.3, 0.4) is 0 Å². The smallest absolute Gasteiger partial charge is 0.224 e. The molecular weight excluding hydrogens is 348 g/mol. The van der Waals surface area contributed by atoms with E-state index in [4.69, 9.17) is 0 Å². The second-order valence-electron chi connectivity index (χ2n) is 4.23. The molecule has 0 radical (unpaired) electrons. The van der Waals surface area contributed by atoms with Crippen LogP contribution < -0.4 is 5.32 Å². The molecule has 0 fully saturated rings. The lowest BCUT2D eigenvalue weighted by atomic mass is 10.2. The summed E-state index contributed by atoms with van der Waals surface area (Å²) in [5.74, 6) is -1.59. The number of amides is 1. The molecule has 1 amide bonds. The summed E-state index contributed by atoms with van der Waals surface area (Å²) in [6.07, 6.45) is 1.75. The van der Waals surface area contributed by atoms with Crippen molar-refractivity contribution in [3.05, 3.63) is 50.6 Å². The van der Waals surface area contributed by atoms with Gasteiger partial charge >= 0.3 is 0 Å². The standard InChI is InChI=1S/C14H12BrF2NOS/c15-10-7-12(17)13(8-11(10)16)18-14(19)5-1-3-9-4-2-6-20-9/h2,4,6-8H,1,3,5H2,(H,18,19). The predicted molar refractivity (Wildman–Crippen MR) is 79.9 cm³/mol. The average molecular weight is 360 g/mol. The lowest BCUT2D eigenvalue weighted by Crippen LogP contribution is -2.13. The fourth-order valence-corrected chi connectivity index (χ4v) is 2.78. The fourth-order valence-electron chi connectivity index (χ4n) is 1.71. The van der Waals surface area contributed by atoms with Crippen LogP contribution in [-0.4, -0.2) is 5.91 Å². The van der Waals surface area contributed by atoms with Gasteiger partial charge in [-0.25, -0.2) is 8.78 Å². The first-order valence-corrected chi connectivity index (χ1v) is 7.70. The molecule has 0 aliphatic rings. The molecule has 1 aromatic heterocycles. The highest BCUT2D eigenvalue weighted by molar-refractivity contribution is 9.10. The molecule has 2 aromatic rings. The highest BCUT2D eigenvalue weighted by Gasteiger charge is 2.11. The van der Waals surface area contributed by atoms with E-state index in [0.717, 1.165) is 18.6 Å². The minimum Gasteiger partial charge on any atom is -0.324 e. The van der Waals surface area contributed by atoms with Gasteiger partial charge < -0.3 is 5.32 Å². The van der Waals surface area contributed by atoms with Gasteiger partial charge in [-0.1, -0.05) is 6.07 Å². The monoisotopic (exact) mass is 359 g/mol. The SMILES string of the molecule is O=C(CCCc1cccs1)Nc1cc(F)c(Br)cc1F. The van der Waals surface area contributed by atoms with Gasteiger partial charge in [0.05, 0.1) is 10.2 Å². The number of hydrogen-bond acceptors (Lipinski definition) is 2. The Hall–Kier alpha value is -1.27. The van der Waals surface area contributed by atoms with E-state index in [9.17, 15) is 13.6 Å². The Morgan fingerprint density at radius 2 is 2.10 bits per heavy atom. The average Bonchev–Trinajstić information content (AvgIpc) is 2.89. The summed E-state index contributed by atoms with van der Waals surface area (Å²) in [5.41, 5.74) is -0.133. The number of halogens is 3. The molecule has 1 N–H and O–H groups in total. The van der Waals surface area contributed by atoms with E-state index in [0.29, 0.717) is 6.42 Å². The van der Waals surface area contributed by atoms with Gasteiger partial charge in [0.2, 0.25) is 5.91 Å². The first-order chi connectivity index (χ1) is 9.56. The van der Waals surface area contributed by atoms with Crippen LogP contribution in [0.15, 0.2) is 34.1 Å². The van der Waals surface area contributed by atoms with Crippen molar-refractivity contribution in [2.24, 2.45) is 0 Å². The zero-order valence-electron chi connectivity index (χ0n) is 10.5. The van der Waals surface area contributed by atoms with E-state index >= 15 is 0 Å². The van der Waals surface area contributed by atoms with Gasteiger partial charge in [0, 0.05) is 17.4 Å². The van der Waals surface area contributed by atoms with Gasteiger partial charge in [0.25, 0.3) is 0 Å². The quantitative estimate of drug-likeness (QED) is 0.766. The summed E-state index contributed by atoms with van der Waals surface area (Å²) in [4.78, 5) is 12.9. The summed E-state index contributed by atoms with van der Waals surface area (Å²) in [6, 6.07) is 5.93. The Kier molecular flexibility index (Phi) is 5.25. The Morgan fingerprint density at radius 3 is 2.80 bits per heavy atom. The van der Waals surface area contributed by atoms with Crippen LogP contribution in [0, 0.1) is 11.6 Å². The minimum absolute atomic E-state index is 0.0331. The van der Waals surface area contributed by atoms with Gasteiger partial charge in [0.15, 0.2) is 0 Å². The van der Waals surface area contributed by atoms with Crippen molar-refractivity contribution in [1.82, 2.24) is 0 Å². The third-order valence-corrected chi connectivity index (χ3v) is 4.24. The Labute approximate surface area is 127 Å². The molecule has 0 unspecified atom stereocenters. The number of rotatable bonds is 5. The molecule has 20 heavy (non-hydrogen) atoms. The number of benzene rings is 1. The van der Waals surface area contributed by atoms with E-state index in [1.165, 1.54) is 4.88 Å². The van der Waals surface area contributed by atoms with Crippen molar-refractivity contribution >= 4 is 38.9 Å². The molecule has 0 saturated heterocycles.